The highest BCUT2D eigenvalue weighted by Crippen LogP contribution is 2.24. The van der Waals surface area contributed by atoms with Crippen molar-refractivity contribution in [2.75, 3.05) is 20.8 Å². The zero-order chi connectivity index (χ0) is 16.3. The van der Waals surface area contributed by atoms with E-state index in [4.69, 9.17) is 9.47 Å². The molecule has 0 aliphatic carbocycles. The van der Waals surface area contributed by atoms with E-state index in [2.05, 4.69) is 5.32 Å². The Bertz CT molecular complexity index is 592. The fraction of sp³-hybridized carbons (Fsp3) is 0.400. The maximum atomic E-state index is 12.7. The van der Waals surface area contributed by atoms with Crippen LogP contribution in [0.25, 0.3) is 0 Å². The van der Waals surface area contributed by atoms with Gasteiger partial charge in [0.1, 0.15) is 17.5 Å². The average Bonchev–Trinajstić information content (AvgIpc) is 2.85. The second kappa shape index (κ2) is 6.46. The third-order valence-electron chi connectivity index (χ3n) is 3.52. The number of ether oxygens (including phenoxy) is 2. The molecule has 7 heteroatoms. The Hall–Kier alpha value is -2.57. The lowest BCUT2D eigenvalue weighted by Gasteiger charge is -2.25. The van der Waals surface area contributed by atoms with Crippen LogP contribution in [0.2, 0.25) is 0 Å². The Labute approximate surface area is 128 Å². The first-order valence-electron chi connectivity index (χ1n) is 6.87. The van der Waals surface area contributed by atoms with E-state index in [-0.39, 0.29) is 18.2 Å². The molecule has 1 aromatic carbocycles. The number of imide groups is 1. The summed E-state index contributed by atoms with van der Waals surface area (Å²) in [5, 5.41) is 2.21. The van der Waals surface area contributed by atoms with Crippen molar-refractivity contribution >= 4 is 17.7 Å². The fourth-order valence-corrected chi connectivity index (χ4v) is 2.39. The highest BCUT2D eigenvalue weighted by molar-refractivity contribution is 6.08. The van der Waals surface area contributed by atoms with Crippen LogP contribution < -0.4 is 14.8 Å². The number of carbonyl (C=O) groups is 3. The molecule has 1 atom stereocenters. The van der Waals surface area contributed by atoms with Crippen molar-refractivity contribution in [3.8, 4) is 11.5 Å². The van der Waals surface area contributed by atoms with E-state index < -0.39 is 11.9 Å². The summed E-state index contributed by atoms with van der Waals surface area (Å²) in [5.74, 6) is -0.217. The maximum Gasteiger partial charge on any atom is 0.254 e. The molecule has 1 N–H and O–H groups in total. The van der Waals surface area contributed by atoms with E-state index in [1.807, 2.05) is 0 Å². The second-order valence-corrected chi connectivity index (χ2v) is 4.82. The minimum Gasteiger partial charge on any atom is -0.497 e. The van der Waals surface area contributed by atoms with Gasteiger partial charge in [-0.2, -0.15) is 0 Å². The normalized spacial score (nSPS) is 17.1. The van der Waals surface area contributed by atoms with Gasteiger partial charge in [0.05, 0.1) is 20.6 Å². The predicted octanol–water partition coefficient (Wildman–Crippen LogP) is 0.581. The monoisotopic (exact) mass is 306 g/mol. The van der Waals surface area contributed by atoms with Crippen LogP contribution in [0, 0.1) is 0 Å². The number of hydrogen-bond donors (Lipinski definition) is 1. The van der Waals surface area contributed by atoms with Gasteiger partial charge in [0.2, 0.25) is 11.8 Å². The third-order valence-corrected chi connectivity index (χ3v) is 3.52. The van der Waals surface area contributed by atoms with Gasteiger partial charge in [-0.1, -0.05) is 0 Å². The molecule has 118 valence electrons. The maximum absolute atomic E-state index is 12.7. The van der Waals surface area contributed by atoms with E-state index in [0.717, 1.165) is 0 Å². The zero-order valence-electron chi connectivity index (χ0n) is 12.7. The molecule has 0 radical (unpaired) electrons. The van der Waals surface area contributed by atoms with Crippen LogP contribution in [0.15, 0.2) is 18.2 Å². The van der Waals surface area contributed by atoms with Gasteiger partial charge in [-0.25, -0.2) is 0 Å². The van der Waals surface area contributed by atoms with Crippen LogP contribution >= 0.6 is 0 Å². The molecule has 0 spiro atoms. The average molecular weight is 306 g/mol. The lowest BCUT2D eigenvalue weighted by Crippen LogP contribution is -2.44. The van der Waals surface area contributed by atoms with Gasteiger partial charge in [0.25, 0.3) is 5.91 Å². The van der Waals surface area contributed by atoms with Gasteiger partial charge in [-0.3, -0.25) is 19.7 Å². The Balaban J connectivity index is 2.32. The van der Waals surface area contributed by atoms with Crippen molar-refractivity contribution in [2.24, 2.45) is 0 Å². The SMILES string of the molecule is CCN(C(=O)c1cc(OC)cc(OC)c1)C1CC(=O)NC1=O. The number of hydrogen-bond acceptors (Lipinski definition) is 5. The molecule has 3 amide bonds. The minimum atomic E-state index is -0.776. The number of benzene rings is 1. The predicted molar refractivity (Wildman–Crippen MR) is 77.8 cm³/mol. The molecule has 0 saturated carbocycles. The number of nitrogens with one attached hydrogen (secondary N) is 1. The van der Waals surface area contributed by atoms with E-state index in [0.29, 0.717) is 23.6 Å². The number of amides is 3. The van der Waals surface area contributed by atoms with Gasteiger partial charge in [-0.15, -0.1) is 0 Å². The van der Waals surface area contributed by atoms with Crippen LogP contribution in [0.5, 0.6) is 11.5 Å². The van der Waals surface area contributed by atoms with Gasteiger partial charge in [-0.05, 0) is 19.1 Å². The smallest absolute Gasteiger partial charge is 0.254 e. The molecule has 1 fully saturated rings. The number of rotatable bonds is 5. The van der Waals surface area contributed by atoms with E-state index >= 15 is 0 Å². The van der Waals surface area contributed by atoms with Gasteiger partial charge < -0.3 is 14.4 Å². The molecule has 22 heavy (non-hydrogen) atoms. The van der Waals surface area contributed by atoms with Crippen molar-refractivity contribution in [1.29, 1.82) is 0 Å². The highest BCUT2D eigenvalue weighted by atomic mass is 16.5. The summed E-state index contributed by atoms with van der Waals surface area (Å²) >= 11 is 0. The lowest BCUT2D eigenvalue weighted by molar-refractivity contribution is -0.126. The topological polar surface area (TPSA) is 84.9 Å². The fourth-order valence-electron chi connectivity index (χ4n) is 2.39. The summed E-state index contributed by atoms with van der Waals surface area (Å²) in [6.45, 7) is 2.06. The van der Waals surface area contributed by atoms with Crippen LogP contribution in [0.1, 0.15) is 23.7 Å². The molecule has 7 nitrogen and oxygen atoms in total. The molecule has 1 saturated heterocycles. The van der Waals surface area contributed by atoms with E-state index in [9.17, 15) is 14.4 Å². The van der Waals surface area contributed by atoms with Gasteiger partial charge in [0, 0.05) is 18.2 Å². The molecule has 2 rings (SSSR count). The van der Waals surface area contributed by atoms with Crippen molar-refractivity contribution in [2.45, 2.75) is 19.4 Å². The van der Waals surface area contributed by atoms with Gasteiger partial charge in [0.15, 0.2) is 0 Å². The van der Waals surface area contributed by atoms with Crippen molar-refractivity contribution in [3.05, 3.63) is 23.8 Å². The first-order chi connectivity index (χ1) is 10.5. The summed E-state index contributed by atoms with van der Waals surface area (Å²) in [6, 6.07) is 4.02. The van der Waals surface area contributed by atoms with Crippen LogP contribution in [0.3, 0.4) is 0 Å². The standard InChI is InChI=1S/C15H18N2O5/c1-4-17(12-8-13(18)16-14(12)19)15(20)9-5-10(21-2)7-11(6-9)22-3/h5-7,12H,4,8H2,1-3H3,(H,16,18,19). The van der Waals surface area contributed by atoms with Crippen molar-refractivity contribution in [3.63, 3.8) is 0 Å². The second-order valence-electron chi connectivity index (χ2n) is 4.82. The largest absolute Gasteiger partial charge is 0.497 e. The summed E-state index contributed by atoms with van der Waals surface area (Å²) < 4.78 is 10.3. The molecular weight excluding hydrogens is 288 g/mol. The van der Waals surface area contributed by atoms with Gasteiger partial charge >= 0.3 is 0 Å². The molecule has 0 aromatic heterocycles. The Morgan fingerprint density at radius 3 is 2.23 bits per heavy atom. The van der Waals surface area contributed by atoms with E-state index in [1.165, 1.54) is 19.1 Å². The quantitative estimate of drug-likeness (QED) is 0.804. The minimum absolute atomic E-state index is 0.0144. The lowest BCUT2D eigenvalue weighted by atomic mass is 10.1. The Morgan fingerprint density at radius 2 is 1.82 bits per heavy atom. The number of likely N-dealkylation sites (N-methyl/N-ethyl adjacent to an activating group) is 1. The van der Waals surface area contributed by atoms with Crippen molar-refractivity contribution < 1.29 is 23.9 Å². The summed E-state index contributed by atoms with van der Waals surface area (Å²) in [4.78, 5) is 37.2. The molecule has 1 aliphatic rings. The summed E-state index contributed by atoms with van der Waals surface area (Å²) in [7, 11) is 2.98. The zero-order valence-corrected chi connectivity index (χ0v) is 12.7. The first kappa shape index (κ1) is 15.8. The van der Waals surface area contributed by atoms with Crippen LogP contribution in [-0.2, 0) is 9.59 Å². The van der Waals surface area contributed by atoms with Crippen molar-refractivity contribution in [1.82, 2.24) is 10.2 Å². The molecular formula is C15H18N2O5. The molecule has 1 unspecified atom stereocenters. The number of methoxy groups -OCH3 is 2. The number of carbonyl (C=O) groups excluding carboxylic acids is 3. The highest BCUT2D eigenvalue weighted by Gasteiger charge is 2.37. The molecule has 1 aromatic rings. The van der Waals surface area contributed by atoms with E-state index in [1.54, 1.807) is 25.1 Å². The van der Waals surface area contributed by atoms with Crippen LogP contribution in [-0.4, -0.2) is 49.4 Å². The van der Waals surface area contributed by atoms with Crippen LogP contribution in [0.4, 0.5) is 0 Å². The molecule has 1 aliphatic heterocycles. The first-order valence-corrected chi connectivity index (χ1v) is 6.87. The summed E-state index contributed by atoms with van der Waals surface area (Å²) in [6.07, 6.45) is -0.0144. The summed E-state index contributed by atoms with van der Waals surface area (Å²) in [5.41, 5.74) is 0.338. The molecule has 1 heterocycles. The number of nitrogens with zero attached hydrogens (tertiary/aromatic N) is 1. The Kier molecular flexibility index (Phi) is 4.65. The Morgan fingerprint density at radius 1 is 1.23 bits per heavy atom. The third kappa shape index (κ3) is 3.03. The molecule has 0 bridgehead atoms.